The number of hydrogen-bond donors (Lipinski definition) is 1. The SMILES string of the molecule is CC(CN(C)C(=O)N(C)Cc1ccccc1)C(=O)O. The third-order valence-corrected chi connectivity index (χ3v) is 2.88. The van der Waals surface area contributed by atoms with E-state index in [4.69, 9.17) is 5.11 Å². The first kappa shape index (κ1) is 15.0. The van der Waals surface area contributed by atoms with Crippen LogP contribution in [0.15, 0.2) is 30.3 Å². The molecule has 0 radical (unpaired) electrons. The first-order chi connectivity index (χ1) is 8.91. The second kappa shape index (κ2) is 6.78. The molecule has 1 aromatic carbocycles. The molecule has 0 heterocycles. The fourth-order valence-corrected chi connectivity index (χ4v) is 1.78. The predicted octanol–water partition coefficient (Wildman–Crippen LogP) is 1.89. The number of carboxylic acids is 1. The summed E-state index contributed by atoms with van der Waals surface area (Å²) in [6.45, 7) is 2.29. The minimum Gasteiger partial charge on any atom is -0.481 e. The van der Waals surface area contributed by atoms with Gasteiger partial charge in [-0.3, -0.25) is 4.79 Å². The van der Waals surface area contributed by atoms with E-state index in [9.17, 15) is 9.59 Å². The Balaban J connectivity index is 2.54. The number of carboxylic acid groups (broad SMARTS) is 1. The van der Waals surface area contributed by atoms with E-state index < -0.39 is 11.9 Å². The summed E-state index contributed by atoms with van der Waals surface area (Å²) in [5, 5.41) is 8.83. The Morgan fingerprint density at radius 1 is 1.16 bits per heavy atom. The highest BCUT2D eigenvalue weighted by Crippen LogP contribution is 2.06. The summed E-state index contributed by atoms with van der Waals surface area (Å²) in [6, 6.07) is 9.48. The number of rotatable bonds is 5. The van der Waals surface area contributed by atoms with Crippen molar-refractivity contribution in [2.45, 2.75) is 13.5 Å². The molecule has 1 unspecified atom stereocenters. The monoisotopic (exact) mass is 264 g/mol. The molecule has 0 fully saturated rings. The molecule has 0 spiro atoms. The summed E-state index contributed by atoms with van der Waals surface area (Å²) < 4.78 is 0. The number of benzene rings is 1. The van der Waals surface area contributed by atoms with Crippen LogP contribution < -0.4 is 0 Å². The Hall–Kier alpha value is -2.04. The second-order valence-corrected chi connectivity index (χ2v) is 4.74. The van der Waals surface area contributed by atoms with Gasteiger partial charge in [-0.05, 0) is 5.56 Å². The van der Waals surface area contributed by atoms with Gasteiger partial charge in [0.2, 0.25) is 0 Å². The van der Waals surface area contributed by atoms with Gasteiger partial charge in [0.1, 0.15) is 0 Å². The lowest BCUT2D eigenvalue weighted by Crippen LogP contribution is -2.41. The minimum absolute atomic E-state index is 0.183. The summed E-state index contributed by atoms with van der Waals surface area (Å²) in [5.41, 5.74) is 1.04. The van der Waals surface area contributed by atoms with E-state index in [0.717, 1.165) is 5.56 Å². The van der Waals surface area contributed by atoms with Crippen molar-refractivity contribution in [2.75, 3.05) is 20.6 Å². The van der Waals surface area contributed by atoms with E-state index >= 15 is 0 Å². The standard InChI is InChI=1S/C14H20N2O3/c1-11(13(17)18)9-15(2)14(19)16(3)10-12-7-5-4-6-8-12/h4-8,11H,9-10H2,1-3H3,(H,17,18). The Morgan fingerprint density at radius 3 is 2.26 bits per heavy atom. The van der Waals surface area contributed by atoms with Gasteiger partial charge < -0.3 is 14.9 Å². The van der Waals surface area contributed by atoms with Crippen molar-refractivity contribution in [3.63, 3.8) is 0 Å². The van der Waals surface area contributed by atoms with E-state index in [1.165, 1.54) is 4.90 Å². The number of amides is 2. The average molecular weight is 264 g/mol. The zero-order valence-electron chi connectivity index (χ0n) is 11.5. The van der Waals surface area contributed by atoms with Gasteiger partial charge in [-0.15, -0.1) is 0 Å². The van der Waals surface area contributed by atoms with Gasteiger partial charge in [0.05, 0.1) is 5.92 Å². The lowest BCUT2D eigenvalue weighted by atomic mass is 10.2. The van der Waals surface area contributed by atoms with Gasteiger partial charge in [0, 0.05) is 27.2 Å². The fraction of sp³-hybridized carbons (Fsp3) is 0.429. The van der Waals surface area contributed by atoms with Gasteiger partial charge in [0.25, 0.3) is 0 Å². The van der Waals surface area contributed by atoms with Crippen LogP contribution in [-0.2, 0) is 11.3 Å². The van der Waals surface area contributed by atoms with Crippen molar-refractivity contribution < 1.29 is 14.7 Å². The molecule has 0 aliphatic carbocycles. The highest BCUT2D eigenvalue weighted by Gasteiger charge is 2.19. The fourth-order valence-electron chi connectivity index (χ4n) is 1.78. The maximum atomic E-state index is 12.1. The predicted molar refractivity (Wildman–Crippen MR) is 72.7 cm³/mol. The summed E-state index contributed by atoms with van der Waals surface area (Å²) in [5.74, 6) is -1.47. The molecule has 19 heavy (non-hydrogen) atoms. The van der Waals surface area contributed by atoms with Crippen molar-refractivity contribution in [1.82, 2.24) is 9.80 Å². The third-order valence-electron chi connectivity index (χ3n) is 2.88. The molecule has 1 atom stereocenters. The van der Waals surface area contributed by atoms with Crippen molar-refractivity contribution in [1.29, 1.82) is 0 Å². The highest BCUT2D eigenvalue weighted by atomic mass is 16.4. The van der Waals surface area contributed by atoms with E-state index in [1.807, 2.05) is 30.3 Å². The van der Waals surface area contributed by atoms with Crippen LogP contribution in [0.1, 0.15) is 12.5 Å². The summed E-state index contributed by atoms with van der Waals surface area (Å²) in [4.78, 5) is 25.8. The Kier molecular flexibility index (Phi) is 5.36. The minimum atomic E-state index is -0.898. The average Bonchev–Trinajstić information content (AvgIpc) is 2.38. The maximum absolute atomic E-state index is 12.1. The topological polar surface area (TPSA) is 60.9 Å². The van der Waals surface area contributed by atoms with Crippen molar-refractivity contribution in [3.8, 4) is 0 Å². The van der Waals surface area contributed by atoms with Crippen LogP contribution >= 0.6 is 0 Å². The van der Waals surface area contributed by atoms with Gasteiger partial charge >= 0.3 is 12.0 Å². The van der Waals surface area contributed by atoms with E-state index in [0.29, 0.717) is 6.54 Å². The molecule has 0 aromatic heterocycles. The molecule has 0 bridgehead atoms. The Morgan fingerprint density at radius 2 is 1.74 bits per heavy atom. The molecule has 0 aliphatic heterocycles. The van der Waals surface area contributed by atoms with Crippen LogP contribution in [0.25, 0.3) is 0 Å². The number of urea groups is 1. The molecule has 1 rings (SSSR count). The highest BCUT2D eigenvalue weighted by molar-refractivity contribution is 5.75. The van der Waals surface area contributed by atoms with Crippen molar-refractivity contribution in [2.24, 2.45) is 5.92 Å². The van der Waals surface area contributed by atoms with Crippen LogP contribution in [-0.4, -0.2) is 47.5 Å². The molecule has 0 aliphatic rings. The van der Waals surface area contributed by atoms with Crippen molar-refractivity contribution in [3.05, 3.63) is 35.9 Å². The van der Waals surface area contributed by atoms with Gasteiger partial charge in [-0.1, -0.05) is 37.3 Å². The molecular formula is C14H20N2O3. The first-order valence-corrected chi connectivity index (χ1v) is 6.14. The Labute approximate surface area is 113 Å². The van der Waals surface area contributed by atoms with Gasteiger partial charge in [0.15, 0.2) is 0 Å². The lowest BCUT2D eigenvalue weighted by molar-refractivity contribution is -0.141. The molecule has 5 nitrogen and oxygen atoms in total. The second-order valence-electron chi connectivity index (χ2n) is 4.74. The molecule has 1 N–H and O–H groups in total. The zero-order chi connectivity index (χ0) is 14.4. The van der Waals surface area contributed by atoms with Gasteiger partial charge in [-0.2, -0.15) is 0 Å². The molecule has 1 aromatic rings. The maximum Gasteiger partial charge on any atom is 0.319 e. The molecule has 2 amide bonds. The number of aliphatic carboxylic acids is 1. The lowest BCUT2D eigenvalue weighted by Gasteiger charge is -2.26. The van der Waals surface area contributed by atoms with Crippen LogP contribution in [0, 0.1) is 5.92 Å². The number of carbonyl (C=O) groups excluding carboxylic acids is 1. The smallest absolute Gasteiger partial charge is 0.319 e. The van der Waals surface area contributed by atoms with Crippen LogP contribution in [0.4, 0.5) is 4.79 Å². The van der Waals surface area contributed by atoms with E-state index in [-0.39, 0.29) is 12.6 Å². The van der Waals surface area contributed by atoms with Gasteiger partial charge in [-0.25, -0.2) is 4.79 Å². The Bertz CT molecular complexity index is 434. The van der Waals surface area contributed by atoms with Crippen molar-refractivity contribution >= 4 is 12.0 Å². The molecule has 5 heteroatoms. The number of hydrogen-bond acceptors (Lipinski definition) is 2. The molecule has 0 saturated carbocycles. The largest absolute Gasteiger partial charge is 0.481 e. The summed E-state index contributed by atoms with van der Waals surface area (Å²) in [7, 11) is 3.32. The molecule has 104 valence electrons. The third kappa shape index (κ3) is 4.62. The van der Waals surface area contributed by atoms with Crippen LogP contribution in [0.2, 0.25) is 0 Å². The summed E-state index contributed by atoms with van der Waals surface area (Å²) >= 11 is 0. The van der Waals surface area contributed by atoms with Crippen LogP contribution in [0.5, 0.6) is 0 Å². The summed E-state index contributed by atoms with van der Waals surface area (Å²) in [6.07, 6.45) is 0. The molecular weight excluding hydrogens is 244 g/mol. The number of nitrogens with zero attached hydrogens (tertiary/aromatic N) is 2. The first-order valence-electron chi connectivity index (χ1n) is 6.14. The van der Waals surface area contributed by atoms with E-state index in [1.54, 1.807) is 25.9 Å². The quantitative estimate of drug-likeness (QED) is 0.883. The molecule has 0 saturated heterocycles. The number of carbonyl (C=O) groups is 2. The van der Waals surface area contributed by atoms with Crippen LogP contribution in [0.3, 0.4) is 0 Å². The normalized spacial score (nSPS) is 11.7. The van der Waals surface area contributed by atoms with E-state index in [2.05, 4.69) is 0 Å². The zero-order valence-corrected chi connectivity index (χ0v) is 11.5.